The number of rotatable bonds is 4. The fraction of sp³-hybridized carbons (Fsp3) is 0.500. The van der Waals surface area contributed by atoms with Crippen LogP contribution in [0, 0.1) is 0 Å². The Kier molecular flexibility index (Phi) is 6.11. The van der Waals surface area contributed by atoms with Gasteiger partial charge in [-0.1, -0.05) is 48.5 Å². The zero-order chi connectivity index (χ0) is 23.8. The molecule has 6 heteroatoms. The average molecular weight is 461 g/mol. The van der Waals surface area contributed by atoms with Crippen LogP contribution < -0.4 is 5.32 Å². The highest BCUT2D eigenvalue weighted by Gasteiger charge is 2.51. The van der Waals surface area contributed by atoms with E-state index in [1.165, 1.54) is 5.56 Å². The average Bonchev–Trinajstić information content (AvgIpc) is 3.20. The molecular weight excluding hydrogens is 424 g/mol. The maximum atomic E-state index is 13.1. The lowest BCUT2D eigenvalue weighted by Crippen LogP contribution is -2.54. The molecule has 0 aromatic heterocycles. The molecule has 2 heterocycles. The molecule has 2 aromatic rings. The van der Waals surface area contributed by atoms with Crippen molar-refractivity contribution < 1.29 is 9.59 Å². The van der Waals surface area contributed by atoms with Gasteiger partial charge in [-0.2, -0.15) is 0 Å². The third-order valence-electron chi connectivity index (χ3n) is 8.52. The van der Waals surface area contributed by atoms with Gasteiger partial charge in [0.15, 0.2) is 0 Å². The number of carbonyl (C=O) groups excluding carboxylic acids is 2. The summed E-state index contributed by atoms with van der Waals surface area (Å²) in [5.74, 6) is 0.0922. The minimum absolute atomic E-state index is 0.0216. The van der Waals surface area contributed by atoms with Crippen LogP contribution in [0.4, 0.5) is 4.79 Å². The van der Waals surface area contributed by atoms with E-state index in [1.54, 1.807) is 0 Å². The van der Waals surface area contributed by atoms with E-state index in [0.717, 1.165) is 50.6 Å². The molecule has 2 aromatic carbocycles. The molecule has 34 heavy (non-hydrogen) atoms. The van der Waals surface area contributed by atoms with Crippen molar-refractivity contribution in [2.75, 3.05) is 33.7 Å². The van der Waals surface area contributed by atoms with Gasteiger partial charge in [0, 0.05) is 36.8 Å². The third kappa shape index (κ3) is 4.09. The summed E-state index contributed by atoms with van der Waals surface area (Å²) in [5, 5.41) is 3.39. The highest BCUT2D eigenvalue weighted by Crippen LogP contribution is 2.46. The molecular formula is C28H36N4O2. The molecule has 6 nitrogen and oxygen atoms in total. The molecule has 1 spiro atoms. The lowest BCUT2D eigenvalue weighted by molar-refractivity contribution is 0.0551. The summed E-state index contributed by atoms with van der Waals surface area (Å²) in [4.78, 5) is 32.2. The minimum Gasteiger partial charge on any atom is -0.338 e. The number of hydrogen-bond donors (Lipinski definition) is 1. The first-order valence-corrected chi connectivity index (χ1v) is 12.6. The Morgan fingerprint density at radius 2 is 1.50 bits per heavy atom. The van der Waals surface area contributed by atoms with E-state index < -0.39 is 0 Å². The van der Waals surface area contributed by atoms with Gasteiger partial charge in [-0.25, -0.2) is 4.79 Å². The summed E-state index contributed by atoms with van der Waals surface area (Å²) >= 11 is 0. The van der Waals surface area contributed by atoms with Gasteiger partial charge >= 0.3 is 6.03 Å². The number of piperidine rings is 1. The van der Waals surface area contributed by atoms with E-state index >= 15 is 0 Å². The summed E-state index contributed by atoms with van der Waals surface area (Å²) < 4.78 is 0. The minimum atomic E-state index is -0.137. The monoisotopic (exact) mass is 460 g/mol. The number of amides is 3. The van der Waals surface area contributed by atoms with Crippen LogP contribution in [0.15, 0.2) is 60.7 Å². The van der Waals surface area contributed by atoms with Gasteiger partial charge in [-0.15, -0.1) is 0 Å². The van der Waals surface area contributed by atoms with E-state index in [4.69, 9.17) is 0 Å². The number of likely N-dealkylation sites (tertiary alicyclic amines) is 1. The highest BCUT2D eigenvalue weighted by molar-refractivity contribution is 5.94. The molecule has 5 rings (SSSR count). The Morgan fingerprint density at radius 1 is 0.912 bits per heavy atom. The molecule has 0 atom stereocenters. The highest BCUT2D eigenvalue weighted by atomic mass is 16.2. The van der Waals surface area contributed by atoms with Crippen molar-refractivity contribution in [2.24, 2.45) is 0 Å². The maximum absolute atomic E-state index is 13.1. The molecule has 0 bridgehead atoms. The second kappa shape index (κ2) is 9.06. The Hall–Kier alpha value is -2.86. The Bertz CT molecular complexity index is 1010. The number of benzene rings is 2. The predicted octanol–water partition coefficient (Wildman–Crippen LogP) is 4.09. The molecule has 0 radical (unpaired) electrons. The Morgan fingerprint density at radius 3 is 2.09 bits per heavy atom. The zero-order valence-electron chi connectivity index (χ0n) is 20.4. The second-order valence-electron chi connectivity index (χ2n) is 10.5. The molecule has 1 saturated carbocycles. The van der Waals surface area contributed by atoms with Crippen molar-refractivity contribution in [3.05, 3.63) is 71.8 Å². The van der Waals surface area contributed by atoms with E-state index in [2.05, 4.69) is 59.5 Å². The summed E-state index contributed by atoms with van der Waals surface area (Å²) in [7, 11) is 4.35. The third-order valence-corrected chi connectivity index (χ3v) is 8.52. The van der Waals surface area contributed by atoms with Crippen LogP contribution in [0.5, 0.6) is 0 Å². The van der Waals surface area contributed by atoms with Crippen LogP contribution in [-0.4, -0.2) is 71.9 Å². The van der Waals surface area contributed by atoms with Crippen molar-refractivity contribution in [3.63, 3.8) is 0 Å². The molecule has 1 aliphatic carbocycles. The molecule has 3 fully saturated rings. The Balaban J connectivity index is 1.21. The van der Waals surface area contributed by atoms with Gasteiger partial charge in [0.05, 0.1) is 5.54 Å². The van der Waals surface area contributed by atoms with E-state index in [0.29, 0.717) is 13.1 Å². The van der Waals surface area contributed by atoms with E-state index in [9.17, 15) is 9.59 Å². The van der Waals surface area contributed by atoms with Gasteiger partial charge in [-0.3, -0.25) is 9.69 Å². The summed E-state index contributed by atoms with van der Waals surface area (Å²) in [6, 6.07) is 20.6. The number of nitrogens with zero attached hydrogens (tertiary/aromatic N) is 3. The summed E-state index contributed by atoms with van der Waals surface area (Å²) in [5.41, 5.74) is 1.99. The van der Waals surface area contributed by atoms with Crippen LogP contribution in [-0.2, 0) is 5.54 Å². The number of carbonyl (C=O) groups is 2. The fourth-order valence-corrected chi connectivity index (χ4v) is 6.34. The first kappa shape index (κ1) is 22.9. The van der Waals surface area contributed by atoms with Crippen LogP contribution in [0.2, 0.25) is 0 Å². The molecule has 2 aliphatic heterocycles. The van der Waals surface area contributed by atoms with E-state index in [-0.39, 0.29) is 29.1 Å². The fourth-order valence-electron chi connectivity index (χ4n) is 6.34. The topological polar surface area (TPSA) is 55.9 Å². The number of hydrogen-bond acceptors (Lipinski definition) is 3. The lowest BCUT2D eigenvalue weighted by Gasteiger charge is -2.49. The normalized spacial score (nSPS) is 27.9. The van der Waals surface area contributed by atoms with Crippen LogP contribution in [0.3, 0.4) is 0 Å². The van der Waals surface area contributed by atoms with Gasteiger partial charge in [0.2, 0.25) is 0 Å². The molecule has 2 saturated heterocycles. The number of urea groups is 1. The largest absolute Gasteiger partial charge is 0.338 e. The van der Waals surface area contributed by atoms with Gasteiger partial charge in [0.25, 0.3) is 5.91 Å². The lowest BCUT2D eigenvalue weighted by atomic mass is 9.69. The quantitative estimate of drug-likeness (QED) is 0.748. The molecule has 180 valence electrons. The van der Waals surface area contributed by atoms with Crippen molar-refractivity contribution >= 4 is 11.9 Å². The molecule has 0 unspecified atom stereocenters. The van der Waals surface area contributed by atoms with Gasteiger partial charge < -0.3 is 15.1 Å². The predicted molar refractivity (Wildman–Crippen MR) is 134 cm³/mol. The van der Waals surface area contributed by atoms with Gasteiger partial charge in [0.1, 0.15) is 0 Å². The second-order valence-corrected chi connectivity index (χ2v) is 10.5. The first-order chi connectivity index (χ1) is 16.4. The van der Waals surface area contributed by atoms with Crippen LogP contribution >= 0.6 is 0 Å². The van der Waals surface area contributed by atoms with Crippen LogP contribution in [0.1, 0.15) is 54.4 Å². The zero-order valence-corrected chi connectivity index (χ0v) is 20.4. The smallest absolute Gasteiger partial charge is 0.318 e. The molecule has 3 aliphatic rings. The molecule has 3 amide bonds. The summed E-state index contributed by atoms with van der Waals surface area (Å²) in [6.07, 6.45) is 5.70. The molecule has 1 N–H and O–H groups in total. The van der Waals surface area contributed by atoms with E-state index in [1.807, 2.05) is 35.2 Å². The van der Waals surface area contributed by atoms with Gasteiger partial charge in [-0.05, 0) is 70.3 Å². The van der Waals surface area contributed by atoms with Crippen molar-refractivity contribution in [1.29, 1.82) is 0 Å². The van der Waals surface area contributed by atoms with Crippen LogP contribution in [0.25, 0.3) is 0 Å². The Labute approximate surface area is 202 Å². The summed E-state index contributed by atoms with van der Waals surface area (Å²) in [6.45, 7) is 2.18. The first-order valence-electron chi connectivity index (χ1n) is 12.6. The van der Waals surface area contributed by atoms with Crippen molar-refractivity contribution in [3.8, 4) is 0 Å². The number of nitrogens with one attached hydrogen (secondary N) is 1. The van der Waals surface area contributed by atoms with Crippen molar-refractivity contribution in [2.45, 2.75) is 55.6 Å². The standard InChI is InChI=1S/C28H36N4O2/c1-30(2)28(23-11-7-4-8-12-23)17-15-27(16-18-28)21-32(26(34)29-27)24-13-19-31(20-14-24)25(33)22-9-5-3-6-10-22/h3-12,24H,13-21H2,1-2H3,(H,29,34). The van der Waals surface area contributed by atoms with Crippen molar-refractivity contribution in [1.82, 2.24) is 20.0 Å². The SMILES string of the molecule is CN(C)C1(c2ccccc2)CCC2(CC1)CN(C1CCN(C(=O)c3ccccc3)CC1)C(=O)N2. The maximum Gasteiger partial charge on any atom is 0.318 e.